The number of benzene rings is 6. The van der Waals surface area contributed by atoms with Crippen molar-refractivity contribution >= 4 is 91.2 Å². The summed E-state index contributed by atoms with van der Waals surface area (Å²) in [4.78, 5) is 0. The van der Waals surface area contributed by atoms with Crippen LogP contribution in [0.15, 0.2) is 174 Å². The zero-order valence-electron chi connectivity index (χ0n) is 26.6. The van der Waals surface area contributed by atoms with Gasteiger partial charge < -0.3 is 7.42 Å². The smallest absolute Gasteiger partial charge is 1.00 e. The van der Waals surface area contributed by atoms with Gasteiger partial charge in [0.2, 0.25) is 0 Å². The van der Waals surface area contributed by atoms with Gasteiger partial charge in [-0.25, -0.2) is 8.78 Å². The van der Waals surface area contributed by atoms with Crippen LogP contribution in [0.25, 0.3) is 0 Å². The van der Waals surface area contributed by atoms with E-state index in [-0.39, 0.29) is 37.5 Å². The van der Waals surface area contributed by atoms with Crippen LogP contribution in [0.2, 0.25) is 0 Å². The number of halogens is 4. The van der Waals surface area contributed by atoms with Crippen molar-refractivity contribution in [3.05, 3.63) is 186 Å². The van der Waals surface area contributed by atoms with Crippen LogP contribution in [-0.2, 0) is 4.57 Å². The Bertz CT molecular complexity index is 1670. The Kier molecular flexibility index (Phi) is 18.2. The molecule has 0 saturated heterocycles. The molecule has 0 spiro atoms. The van der Waals surface area contributed by atoms with E-state index in [1.807, 2.05) is 97.1 Å². The van der Waals surface area contributed by atoms with Crippen LogP contribution < -0.4 is 26.5 Å². The third kappa shape index (κ3) is 11.8. The van der Waals surface area contributed by atoms with Gasteiger partial charge in [0, 0.05) is 20.4 Å². The predicted molar refractivity (Wildman–Crippen MR) is 198 cm³/mol. The Morgan fingerprint density at radius 1 is 0.543 bits per heavy atom. The fourth-order valence-electron chi connectivity index (χ4n) is 4.12. The first kappa shape index (κ1) is 39.5. The summed E-state index contributed by atoms with van der Waals surface area (Å²) in [5.74, 6) is -0.584. The Morgan fingerprint density at radius 2 is 0.891 bits per heavy atom. The van der Waals surface area contributed by atoms with Gasteiger partial charge in [-0.1, -0.05) is 167 Å². The van der Waals surface area contributed by atoms with Crippen LogP contribution >= 0.6 is 41.6 Å². The van der Waals surface area contributed by atoms with Crippen LogP contribution in [0.4, 0.5) is 8.78 Å². The van der Waals surface area contributed by atoms with Crippen molar-refractivity contribution in [2.75, 3.05) is 0 Å². The molecular formula is C36H32BrClF2MgO3P2. The molecule has 2 N–H and O–H groups in total. The van der Waals surface area contributed by atoms with Gasteiger partial charge in [-0.05, 0) is 40.9 Å². The van der Waals surface area contributed by atoms with Gasteiger partial charge in [0.15, 0.2) is 7.14 Å². The molecule has 3 nitrogen and oxygen atoms in total. The molecule has 0 aliphatic rings. The maximum atomic E-state index is 13.8. The molecule has 234 valence electrons. The van der Waals surface area contributed by atoms with Crippen LogP contribution in [-0.4, -0.2) is 33.6 Å². The fraction of sp³-hybridized carbons (Fsp3) is 0. The van der Waals surface area contributed by atoms with Gasteiger partial charge in [0.1, 0.15) is 11.6 Å². The quantitative estimate of drug-likeness (QED) is 0.0800. The summed E-state index contributed by atoms with van der Waals surface area (Å²) in [7, 11) is -3.74. The molecule has 0 saturated carbocycles. The van der Waals surface area contributed by atoms with Gasteiger partial charge in [-0.2, -0.15) is 0 Å². The summed E-state index contributed by atoms with van der Waals surface area (Å²) in [6, 6.07) is 51.2. The number of hydrogen-bond donors (Lipinski definition) is 2. The van der Waals surface area contributed by atoms with Gasteiger partial charge >= 0.3 is 23.1 Å². The first-order valence-corrected chi connectivity index (χ1v) is 18.3. The molecule has 0 heterocycles. The van der Waals surface area contributed by atoms with Crippen molar-refractivity contribution < 1.29 is 26.7 Å². The molecule has 0 unspecified atom stereocenters. The van der Waals surface area contributed by atoms with Crippen LogP contribution in [0.3, 0.4) is 0 Å². The molecular weight excluding hydrogens is 720 g/mol. The number of rotatable bonds is 5. The fourth-order valence-corrected chi connectivity index (χ4v) is 9.01. The van der Waals surface area contributed by atoms with E-state index in [4.69, 9.17) is 21.8 Å². The Labute approximate surface area is 302 Å². The molecule has 0 aromatic heterocycles. The second kappa shape index (κ2) is 21.2. The second-order valence-corrected chi connectivity index (χ2v) is 15.4. The first-order valence-electron chi connectivity index (χ1n) is 13.5. The molecule has 6 aromatic carbocycles. The Hall–Kier alpha value is -2.70. The third-order valence-corrected chi connectivity index (χ3v) is 12.4. The monoisotopic (exact) mass is 750 g/mol. The van der Waals surface area contributed by atoms with Crippen molar-refractivity contribution in [1.29, 1.82) is 0 Å². The topological polar surface area (TPSA) is 57.5 Å². The SMILES string of the molecule is ClP(c1ccccc1)c1ccccc1.Fc1cccc(Br)c1.O=P(c1ccccc1)(c1ccccc1)c1cccc(F)c1.OO.[H-].[H-].[Mg+2]. The molecule has 0 bridgehead atoms. The minimum absolute atomic E-state index is 0. The zero-order valence-corrected chi connectivity index (χ0v) is 30.1. The summed E-state index contributed by atoms with van der Waals surface area (Å²) in [6.07, 6.45) is 0. The van der Waals surface area contributed by atoms with Gasteiger partial charge in [0.05, 0.1) is 7.27 Å². The van der Waals surface area contributed by atoms with Crippen molar-refractivity contribution in [2.45, 2.75) is 0 Å². The van der Waals surface area contributed by atoms with E-state index in [1.165, 1.54) is 34.9 Å². The van der Waals surface area contributed by atoms with E-state index >= 15 is 0 Å². The van der Waals surface area contributed by atoms with Crippen molar-refractivity contribution in [1.82, 2.24) is 0 Å². The van der Waals surface area contributed by atoms with E-state index in [2.05, 4.69) is 40.2 Å². The summed E-state index contributed by atoms with van der Waals surface area (Å²) >= 11 is 9.52. The van der Waals surface area contributed by atoms with E-state index in [0.717, 1.165) is 4.47 Å². The Balaban J connectivity index is 0.000000712. The number of hydrogen-bond acceptors (Lipinski definition) is 3. The minimum Gasteiger partial charge on any atom is -1.00 e. The average molecular weight is 752 g/mol. The average Bonchev–Trinajstić information content (AvgIpc) is 3.10. The second-order valence-electron chi connectivity index (χ2n) is 9.15. The van der Waals surface area contributed by atoms with Crippen molar-refractivity contribution in [3.8, 4) is 0 Å². The summed E-state index contributed by atoms with van der Waals surface area (Å²) in [6.45, 7) is 0. The van der Waals surface area contributed by atoms with E-state index in [1.54, 1.807) is 24.3 Å². The molecule has 46 heavy (non-hydrogen) atoms. The van der Waals surface area contributed by atoms with Crippen LogP contribution in [0.5, 0.6) is 0 Å². The van der Waals surface area contributed by atoms with Gasteiger partial charge in [-0.15, -0.1) is 0 Å². The van der Waals surface area contributed by atoms with Crippen LogP contribution in [0, 0.1) is 11.6 Å². The van der Waals surface area contributed by atoms with Gasteiger partial charge in [-0.3, -0.25) is 10.5 Å². The maximum Gasteiger partial charge on any atom is 2.00 e. The van der Waals surface area contributed by atoms with E-state index in [0.29, 0.717) is 15.9 Å². The van der Waals surface area contributed by atoms with E-state index < -0.39 is 14.4 Å². The van der Waals surface area contributed by atoms with Gasteiger partial charge in [0.25, 0.3) is 0 Å². The molecule has 0 aliphatic heterocycles. The molecule has 0 fully saturated rings. The maximum absolute atomic E-state index is 13.8. The Morgan fingerprint density at radius 3 is 1.24 bits per heavy atom. The summed E-state index contributed by atoms with van der Waals surface area (Å²) in [5.41, 5.74) is 0. The van der Waals surface area contributed by atoms with E-state index in [9.17, 15) is 13.3 Å². The third-order valence-electron chi connectivity index (χ3n) is 6.16. The normalized spacial score (nSPS) is 10.1. The first-order chi connectivity index (χ1) is 21.9. The predicted octanol–water partition coefficient (Wildman–Crippen LogP) is 9.19. The molecule has 0 amide bonds. The zero-order chi connectivity index (χ0) is 32.5. The summed E-state index contributed by atoms with van der Waals surface area (Å²) < 4.78 is 40.3. The molecule has 0 radical (unpaired) electrons. The summed E-state index contributed by atoms with van der Waals surface area (Å²) in [5, 5.41) is 16.3. The largest absolute Gasteiger partial charge is 2.00 e. The molecule has 6 aromatic rings. The van der Waals surface area contributed by atoms with Crippen molar-refractivity contribution in [2.24, 2.45) is 0 Å². The molecule has 10 heteroatoms. The van der Waals surface area contributed by atoms with Crippen molar-refractivity contribution in [3.63, 3.8) is 0 Å². The molecule has 0 atom stereocenters. The molecule has 0 aliphatic carbocycles. The standard InChI is InChI=1S/C18H14FOP.C12H10ClP.C6H4BrF.Mg.H2O2.2H/c19-15-8-7-13-18(14-15)21(20,16-9-3-1-4-10-16)17-11-5-2-6-12-17;13-14(11-7-3-1-4-8-11)12-9-5-2-6-10-12;7-5-2-1-3-6(8)4-5;;1-2;;/h1-14H;1-10H;1-4H;;1-2H;;/q;;;+2;;2*-1. The van der Waals surface area contributed by atoms with Crippen LogP contribution in [0.1, 0.15) is 2.85 Å². The minimum atomic E-state index is -3.04. The molecule has 6 rings (SSSR count).